The first-order valence-electron chi connectivity index (χ1n) is 8.15. The summed E-state index contributed by atoms with van der Waals surface area (Å²) in [6, 6.07) is 6.57. The summed E-state index contributed by atoms with van der Waals surface area (Å²) in [7, 11) is 3.76. The van der Waals surface area contributed by atoms with Crippen LogP contribution in [0.25, 0.3) is 0 Å². The summed E-state index contributed by atoms with van der Waals surface area (Å²) in [5, 5.41) is 6.69. The van der Waals surface area contributed by atoms with Crippen LogP contribution in [0.2, 0.25) is 0 Å². The number of nitrogens with one attached hydrogen (secondary N) is 1. The summed E-state index contributed by atoms with van der Waals surface area (Å²) >= 11 is 1.74. The summed E-state index contributed by atoms with van der Waals surface area (Å²) in [4.78, 5) is 10.8. The van der Waals surface area contributed by atoms with Gasteiger partial charge in [-0.15, -0.1) is 35.3 Å². The first kappa shape index (κ1) is 21.8. The highest BCUT2D eigenvalue weighted by molar-refractivity contribution is 14.0. The lowest BCUT2D eigenvalue weighted by Gasteiger charge is -2.22. The van der Waals surface area contributed by atoms with Crippen molar-refractivity contribution in [2.45, 2.75) is 32.7 Å². The summed E-state index contributed by atoms with van der Waals surface area (Å²) in [5.41, 5.74) is 2.16. The highest BCUT2D eigenvalue weighted by Crippen LogP contribution is 2.11. The number of aryl methyl sites for hydroxylation is 2. The SMILES string of the molecule is CN=C(NCCCCc1nc(C)cs1)N(C)Cc1ccc(F)cc1.I. The zero-order valence-electron chi connectivity index (χ0n) is 15.0. The molecule has 1 aromatic heterocycles. The molecule has 0 saturated heterocycles. The van der Waals surface area contributed by atoms with Crippen LogP contribution in [0.3, 0.4) is 0 Å². The Labute approximate surface area is 170 Å². The molecule has 0 spiro atoms. The number of unbranched alkanes of at least 4 members (excludes halogenated alkanes) is 1. The van der Waals surface area contributed by atoms with E-state index >= 15 is 0 Å². The smallest absolute Gasteiger partial charge is 0.193 e. The topological polar surface area (TPSA) is 40.5 Å². The lowest BCUT2D eigenvalue weighted by Crippen LogP contribution is -2.38. The van der Waals surface area contributed by atoms with Gasteiger partial charge in [0.2, 0.25) is 0 Å². The Morgan fingerprint density at radius 2 is 2.00 bits per heavy atom. The number of thiazole rings is 1. The van der Waals surface area contributed by atoms with Crippen LogP contribution in [-0.2, 0) is 13.0 Å². The van der Waals surface area contributed by atoms with Crippen molar-refractivity contribution in [1.29, 1.82) is 0 Å². The quantitative estimate of drug-likeness (QED) is 0.281. The van der Waals surface area contributed by atoms with E-state index in [1.807, 2.05) is 18.9 Å². The number of rotatable bonds is 7. The second-order valence-electron chi connectivity index (χ2n) is 5.80. The third kappa shape index (κ3) is 7.68. The van der Waals surface area contributed by atoms with E-state index in [9.17, 15) is 4.39 Å². The number of hydrogen-bond donors (Lipinski definition) is 1. The van der Waals surface area contributed by atoms with E-state index < -0.39 is 0 Å². The van der Waals surface area contributed by atoms with Crippen molar-refractivity contribution in [3.63, 3.8) is 0 Å². The molecular formula is C18H26FIN4S. The van der Waals surface area contributed by atoms with Gasteiger partial charge in [0.25, 0.3) is 0 Å². The van der Waals surface area contributed by atoms with Crippen molar-refractivity contribution in [3.05, 3.63) is 51.7 Å². The minimum absolute atomic E-state index is 0. The maximum atomic E-state index is 13.0. The Kier molecular flexibility index (Phi) is 9.96. The second kappa shape index (κ2) is 11.4. The number of aromatic nitrogens is 1. The molecule has 0 aliphatic rings. The van der Waals surface area contributed by atoms with Crippen molar-refractivity contribution in [2.24, 2.45) is 4.99 Å². The second-order valence-corrected chi connectivity index (χ2v) is 6.74. The summed E-state index contributed by atoms with van der Waals surface area (Å²) < 4.78 is 13.0. The predicted octanol–water partition coefficient (Wildman–Crippen LogP) is 4.24. The van der Waals surface area contributed by atoms with Gasteiger partial charge in [0.1, 0.15) is 5.82 Å². The van der Waals surface area contributed by atoms with Crippen molar-refractivity contribution >= 4 is 41.3 Å². The molecule has 7 heteroatoms. The Morgan fingerprint density at radius 3 is 2.60 bits per heavy atom. The fourth-order valence-electron chi connectivity index (χ4n) is 2.44. The van der Waals surface area contributed by atoms with Crippen molar-refractivity contribution in [1.82, 2.24) is 15.2 Å². The molecule has 2 aromatic rings. The molecular weight excluding hydrogens is 450 g/mol. The number of nitrogens with zero attached hydrogens (tertiary/aromatic N) is 3. The third-order valence-electron chi connectivity index (χ3n) is 3.67. The first-order valence-corrected chi connectivity index (χ1v) is 9.03. The molecule has 0 unspecified atom stereocenters. The van der Waals surface area contributed by atoms with Crippen LogP contribution < -0.4 is 5.32 Å². The van der Waals surface area contributed by atoms with Gasteiger partial charge in [-0.1, -0.05) is 12.1 Å². The number of hydrogen-bond acceptors (Lipinski definition) is 3. The van der Waals surface area contributed by atoms with Gasteiger partial charge in [-0.25, -0.2) is 9.37 Å². The molecule has 138 valence electrons. The van der Waals surface area contributed by atoms with Gasteiger partial charge >= 0.3 is 0 Å². The summed E-state index contributed by atoms with van der Waals surface area (Å²) in [6.45, 7) is 3.60. The Balaban J connectivity index is 0.00000312. The van der Waals surface area contributed by atoms with Crippen LogP contribution in [0.15, 0.2) is 34.6 Å². The molecule has 1 heterocycles. The maximum Gasteiger partial charge on any atom is 0.193 e. The molecule has 0 aliphatic carbocycles. The number of benzene rings is 1. The van der Waals surface area contributed by atoms with Crippen molar-refractivity contribution in [2.75, 3.05) is 20.6 Å². The van der Waals surface area contributed by atoms with E-state index in [-0.39, 0.29) is 29.8 Å². The minimum Gasteiger partial charge on any atom is -0.356 e. The van der Waals surface area contributed by atoms with Crippen molar-refractivity contribution < 1.29 is 4.39 Å². The molecule has 0 radical (unpaired) electrons. The Bertz CT molecular complexity index is 657. The number of aliphatic imine (C=N–C) groups is 1. The van der Waals surface area contributed by atoms with Gasteiger partial charge in [-0.2, -0.15) is 0 Å². The number of guanidine groups is 1. The molecule has 0 aliphatic heterocycles. The molecule has 0 fully saturated rings. The Hall–Kier alpha value is -1.22. The van der Waals surface area contributed by atoms with Crippen LogP contribution >= 0.6 is 35.3 Å². The molecule has 0 amide bonds. The average molecular weight is 476 g/mol. The highest BCUT2D eigenvalue weighted by Gasteiger charge is 2.06. The normalized spacial score (nSPS) is 11.1. The zero-order valence-corrected chi connectivity index (χ0v) is 18.1. The highest BCUT2D eigenvalue weighted by atomic mass is 127. The minimum atomic E-state index is -0.209. The van der Waals surface area contributed by atoms with Gasteiger partial charge in [0.05, 0.1) is 5.01 Å². The van der Waals surface area contributed by atoms with Gasteiger partial charge in [0, 0.05) is 38.3 Å². The zero-order chi connectivity index (χ0) is 17.4. The molecule has 0 saturated carbocycles. The number of halogens is 2. The Morgan fingerprint density at radius 1 is 1.28 bits per heavy atom. The molecule has 2 rings (SSSR count). The summed E-state index contributed by atoms with van der Waals surface area (Å²) in [5.74, 6) is 0.642. The average Bonchev–Trinajstić information content (AvgIpc) is 2.98. The molecule has 25 heavy (non-hydrogen) atoms. The molecule has 4 nitrogen and oxygen atoms in total. The van der Waals surface area contributed by atoms with Gasteiger partial charge in [0.15, 0.2) is 5.96 Å². The van der Waals surface area contributed by atoms with Gasteiger partial charge in [-0.3, -0.25) is 4.99 Å². The molecule has 0 atom stereocenters. The molecule has 1 N–H and O–H groups in total. The van der Waals surface area contributed by atoms with E-state index in [1.54, 1.807) is 30.5 Å². The van der Waals surface area contributed by atoms with E-state index in [0.717, 1.165) is 43.0 Å². The molecule has 0 bridgehead atoms. The summed E-state index contributed by atoms with van der Waals surface area (Å²) in [6.07, 6.45) is 3.21. The monoisotopic (exact) mass is 476 g/mol. The molecule has 1 aromatic carbocycles. The van der Waals surface area contributed by atoms with Crippen LogP contribution in [0.4, 0.5) is 4.39 Å². The standard InChI is InChI=1S/C18H25FN4S.HI/c1-14-13-24-17(22-14)6-4-5-11-21-18(20-2)23(3)12-15-7-9-16(19)10-8-15;/h7-10,13H,4-6,11-12H2,1-3H3,(H,20,21);1H. The lowest BCUT2D eigenvalue weighted by atomic mass is 10.2. The van der Waals surface area contributed by atoms with Crippen LogP contribution in [0.1, 0.15) is 29.1 Å². The fourth-order valence-corrected chi connectivity index (χ4v) is 3.26. The predicted molar refractivity (Wildman–Crippen MR) is 114 cm³/mol. The van der Waals surface area contributed by atoms with Gasteiger partial charge < -0.3 is 10.2 Å². The van der Waals surface area contributed by atoms with Crippen LogP contribution in [-0.4, -0.2) is 36.5 Å². The van der Waals surface area contributed by atoms with E-state index in [2.05, 4.69) is 20.7 Å². The first-order chi connectivity index (χ1) is 11.6. The third-order valence-corrected chi connectivity index (χ3v) is 4.70. The fraction of sp³-hybridized carbons (Fsp3) is 0.444. The van der Waals surface area contributed by atoms with Crippen LogP contribution in [0, 0.1) is 12.7 Å². The largest absolute Gasteiger partial charge is 0.356 e. The van der Waals surface area contributed by atoms with E-state index in [1.165, 1.54) is 17.1 Å². The van der Waals surface area contributed by atoms with Crippen molar-refractivity contribution in [3.8, 4) is 0 Å². The van der Waals surface area contributed by atoms with Gasteiger partial charge in [-0.05, 0) is 43.9 Å². The van der Waals surface area contributed by atoms with E-state index in [0.29, 0.717) is 6.54 Å². The lowest BCUT2D eigenvalue weighted by molar-refractivity contribution is 0.474. The maximum absolute atomic E-state index is 13.0. The van der Waals surface area contributed by atoms with E-state index in [4.69, 9.17) is 0 Å². The van der Waals surface area contributed by atoms with Crippen LogP contribution in [0.5, 0.6) is 0 Å².